The van der Waals surface area contributed by atoms with Crippen molar-refractivity contribution in [1.82, 2.24) is 0 Å². The van der Waals surface area contributed by atoms with E-state index in [1.54, 1.807) is 0 Å². The lowest BCUT2D eigenvalue weighted by Crippen LogP contribution is -1.71. The Balaban J connectivity index is -0.0000000419. The smallest absolute Gasteiger partial charge is 0.0319 e. The zero-order chi connectivity index (χ0) is 9.86. The predicted octanol–water partition coefficient (Wildman–Crippen LogP) is 3.74. The van der Waals surface area contributed by atoms with Gasteiger partial charge in [0.1, 0.15) is 0 Å². The average molecular weight is 176 g/mol. The molecule has 0 spiro atoms. The molecule has 0 aliphatic carbocycles. The van der Waals surface area contributed by atoms with E-state index in [0.29, 0.717) is 5.92 Å². The first-order valence-corrected chi connectivity index (χ1v) is 4.08. The second kappa shape index (κ2) is 22.4. The molecule has 0 radical (unpaired) electrons. The van der Waals surface area contributed by atoms with E-state index in [-0.39, 0.29) is 7.43 Å². The summed E-state index contributed by atoms with van der Waals surface area (Å²) in [5.74, 6) is 1.48. The van der Waals surface area contributed by atoms with E-state index in [9.17, 15) is 0 Å². The van der Waals surface area contributed by atoms with Crippen LogP contribution in [0.25, 0.3) is 0 Å². The number of rotatable bonds is 1. The molecular weight excluding hydrogens is 148 g/mol. The van der Waals surface area contributed by atoms with Gasteiger partial charge in [0.05, 0.1) is 0 Å². The quantitative estimate of drug-likeness (QED) is 0.603. The van der Waals surface area contributed by atoms with Crippen LogP contribution >= 0.6 is 0 Å². The molecule has 0 aromatic heterocycles. The Kier molecular flexibility index (Phi) is 42.2. The van der Waals surface area contributed by atoms with Gasteiger partial charge in [-0.25, -0.2) is 0 Å². The van der Waals surface area contributed by atoms with Crippen LogP contribution in [0.2, 0.25) is 0 Å². The molecular formula is C11H28O. The molecule has 1 heteroatoms. The normalized spacial score (nSPS) is 7.08. The van der Waals surface area contributed by atoms with Crippen molar-refractivity contribution in [2.75, 3.05) is 7.11 Å². The van der Waals surface area contributed by atoms with E-state index in [4.69, 9.17) is 5.11 Å². The Bertz CT molecular complexity index is 53.3. The van der Waals surface area contributed by atoms with Crippen LogP contribution in [0.1, 0.15) is 42.0 Å². The molecule has 0 rings (SSSR count). The topological polar surface area (TPSA) is 20.2 Å². The van der Waals surface area contributed by atoms with Crippen molar-refractivity contribution in [1.29, 1.82) is 0 Å². The molecule has 1 nitrogen and oxygen atoms in total. The van der Waals surface area contributed by atoms with Gasteiger partial charge in [0.25, 0.3) is 0 Å². The van der Waals surface area contributed by atoms with Gasteiger partial charge in [-0.3, -0.25) is 0 Å². The third kappa shape index (κ3) is 254. The van der Waals surface area contributed by atoms with E-state index in [2.05, 4.69) is 41.2 Å². The fraction of sp³-hybridized carbons (Fsp3) is 0.818. The van der Waals surface area contributed by atoms with E-state index < -0.39 is 0 Å². The maximum absolute atomic E-state index is 7.00. The molecule has 0 aromatic rings. The van der Waals surface area contributed by atoms with E-state index >= 15 is 0 Å². The molecule has 0 heterocycles. The van der Waals surface area contributed by atoms with Crippen molar-refractivity contribution < 1.29 is 5.11 Å². The van der Waals surface area contributed by atoms with Crippen molar-refractivity contribution in [2.24, 2.45) is 11.8 Å². The third-order valence-electron chi connectivity index (χ3n) is 0.471. The summed E-state index contributed by atoms with van der Waals surface area (Å²) in [5.41, 5.74) is 0. The molecule has 0 bridgehead atoms. The molecule has 0 unspecified atom stereocenters. The zero-order valence-electron chi connectivity index (χ0n) is 8.89. The summed E-state index contributed by atoms with van der Waals surface area (Å²) in [4.78, 5) is 0. The largest absolute Gasteiger partial charge is 0.400 e. The molecule has 0 fully saturated rings. The molecule has 0 saturated carbocycles. The number of allylic oxidation sites excluding steroid dienone is 1. The van der Waals surface area contributed by atoms with Gasteiger partial charge in [-0.2, -0.15) is 0 Å². The highest BCUT2D eigenvalue weighted by molar-refractivity contribution is 4.69. The van der Waals surface area contributed by atoms with Crippen molar-refractivity contribution in [3.63, 3.8) is 0 Å². The highest BCUT2D eigenvalue weighted by atomic mass is 16.2. The highest BCUT2D eigenvalue weighted by Gasteiger charge is 1.73. The molecule has 0 atom stereocenters. The molecule has 0 amide bonds. The van der Waals surface area contributed by atoms with Gasteiger partial charge < -0.3 is 5.11 Å². The number of hydrogen-bond acceptors (Lipinski definition) is 1. The number of hydrogen-bond donors (Lipinski definition) is 1. The van der Waals surface area contributed by atoms with Crippen LogP contribution in [0.4, 0.5) is 0 Å². The zero-order valence-corrected chi connectivity index (χ0v) is 8.89. The van der Waals surface area contributed by atoms with Crippen molar-refractivity contribution >= 4 is 0 Å². The Labute approximate surface area is 79.5 Å². The van der Waals surface area contributed by atoms with E-state index in [1.807, 2.05) is 6.08 Å². The Hall–Kier alpha value is -0.300. The molecule has 78 valence electrons. The van der Waals surface area contributed by atoms with E-state index in [0.717, 1.165) is 13.0 Å². The average Bonchev–Trinajstić information content (AvgIpc) is 1.91. The summed E-state index contributed by atoms with van der Waals surface area (Å²) in [7, 11) is 1.00. The van der Waals surface area contributed by atoms with Gasteiger partial charge in [0.15, 0.2) is 0 Å². The second-order valence-corrected chi connectivity index (χ2v) is 3.21. The first kappa shape index (κ1) is 22.6. The molecule has 0 aromatic carbocycles. The lowest BCUT2D eigenvalue weighted by molar-refractivity contribution is 0.399. The first-order chi connectivity index (χ1) is 5.00. The Morgan fingerprint density at radius 2 is 1.08 bits per heavy atom. The number of aliphatic hydroxyl groups is 1. The van der Waals surface area contributed by atoms with Gasteiger partial charge in [-0.1, -0.05) is 48.1 Å². The summed E-state index contributed by atoms with van der Waals surface area (Å²) in [5, 5.41) is 7.00. The second-order valence-electron chi connectivity index (χ2n) is 3.21. The summed E-state index contributed by atoms with van der Waals surface area (Å²) < 4.78 is 0. The maximum atomic E-state index is 7.00. The van der Waals surface area contributed by atoms with Crippen molar-refractivity contribution in [2.45, 2.75) is 42.0 Å². The summed E-state index contributed by atoms with van der Waals surface area (Å²) in [6.45, 7) is 14.3. The summed E-state index contributed by atoms with van der Waals surface area (Å²) in [6.07, 6.45) is 1.92. The first-order valence-electron chi connectivity index (χ1n) is 4.08. The van der Waals surface area contributed by atoms with Gasteiger partial charge in [0.2, 0.25) is 0 Å². The van der Waals surface area contributed by atoms with Crippen LogP contribution in [-0.4, -0.2) is 12.2 Å². The van der Waals surface area contributed by atoms with Gasteiger partial charge in [-0.15, -0.1) is 6.58 Å². The summed E-state index contributed by atoms with van der Waals surface area (Å²) in [6, 6.07) is 0. The fourth-order valence-electron chi connectivity index (χ4n) is 0. The van der Waals surface area contributed by atoms with E-state index in [1.165, 1.54) is 0 Å². The van der Waals surface area contributed by atoms with Gasteiger partial charge in [0, 0.05) is 7.11 Å². The van der Waals surface area contributed by atoms with Crippen LogP contribution in [0.15, 0.2) is 12.7 Å². The standard InChI is InChI=1S/C5H10.C4H10.CH4O.CH4/c1-4-5(2)3;1-4(2)3;1-2;/h4-5H,1H2,2-3H3;4H,1-3H3;2H,1H3;1H4. The van der Waals surface area contributed by atoms with Crippen LogP contribution in [-0.2, 0) is 0 Å². The molecule has 0 aliphatic rings. The third-order valence-corrected chi connectivity index (χ3v) is 0.471. The van der Waals surface area contributed by atoms with Gasteiger partial charge in [-0.05, 0) is 11.8 Å². The number of aliphatic hydroxyl groups excluding tert-OH is 1. The lowest BCUT2D eigenvalue weighted by Gasteiger charge is -1.84. The van der Waals surface area contributed by atoms with Crippen molar-refractivity contribution in [3.05, 3.63) is 12.7 Å². The van der Waals surface area contributed by atoms with Crippen LogP contribution in [0, 0.1) is 11.8 Å². The Morgan fingerprint density at radius 3 is 1.08 bits per heavy atom. The highest BCUT2D eigenvalue weighted by Crippen LogP contribution is 1.87. The van der Waals surface area contributed by atoms with Crippen molar-refractivity contribution in [3.8, 4) is 0 Å². The minimum Gasteiger partial charge on any atom is -0.400 e. The molecule has 12 heavy (non-hydrogen) atoms. The molecule has 1 N–H and O–H groups in total. The van der Waals surface area contributed by atoms with Crippen LogP contribution < -0.4 is 0 Å². The maximum Gasteiger partial charge on any atom is 0.0319 e. The minimum atomic E-state index is 0. The molecule has 0 aliphatic heterocycles. The lowest BCUT2D eigenvalue weighted by atomic mass is 10.2. The van der Waals surface area contributed by atoms with Crippen LogP contribution in [0.3, 0.4) is 0 Å². The Morgan fingerprint density at radius 1 is 1.00 bits per heavy atom. The SMILES string of the molecule is C.C=CC(C)C.CC(C)C.CO. The molecule has 0 saturated heterocycles. The van der Waals surface area contributed by atoms with Gasteiger partial charge >= 0.3 is 0 Å². The fourth-order valence-corrected chi connectivity index (χ4v) is 0. The monoisotopic (exact) mass is 176 g/mol. The summed E-state index contributed by atoms with van der Waals surface area (Å²) >= 11 is 0. The van der Waals surface area contributed by atoms with Crippen LogP contribution in [0.5, 0.6) is 0 Å². The predicted molar refractivity (Wildman–Crippen MR) is 60.4 cm³/mol. The minimum absolute atomic E-state index is 0.